The maximum Gasteiger partial charge on any atom is 0.236 e. The standard InChI is InChI=1S/C11H20N2O/c1-11(2)7-13(10(14)6-12)9-5-3-4-8(9)11/h8-9H,3-7,12H2,1-2H3. The van der Waals surface area contributed by atoms with Crippen molar-refractivity contribution in [3.63, 3.8) is 0 Å². The molecule has 2 fully saturated rings. The molecule has 80 valence electrons. The number of rotatable bonds is 1. The summed E-state index contributed by atoms with van der Waals surface area (Å²) in [6, 6.07) is 0.487. The van der Waals surface area contributed by atoms with Gasteiger partial charge in [0.05, 0.1) is 6.54 Å². The summed E-state index contributed by atoms with van der Waals surface area (Å²) in [4.78, 5) is 13.7. The van der Waals surface area contributed by atoms with E-state index in [9.17, 15) is 4.79 Å². The minimum atomic E-state index is 0.132. The Hall–Kier alpha value is -0.570. The quantitative estimate of drug-likeness (QED) is 0.679. The van der Waals surface area contributed by atoms with E-state index in [1.165, 1.54) is 19.3 Å². The third-order valence-corrected chi connectivity index (χ3v) is 3.96. The maximum atomic E-state index is 11.6. The number of amides is 1. The molecular weight excluding hydrogens is 176 g/mol. The fourth-order valence-electron chi connectivity index (χ4n) is 3.29. The van der Waals surface area contributed by atoms with Gasteiger partial charge in [-0.15, -0.1) is 0 Å². The highest BCUT2D eigenvalue weighted by Crippen LogP contribution is 2.48. The Balaban J connectivity index is 2.18. The highest BCUT2D eigenvalue weighted by Gasteiger charge is 2.49. The summed E-state index contributed by atoms with van der Waals surface area (Å²) < 4.78 is 0. The van der Waals surface area contributed by atoms with E-state index in [0.717, 1.165) is 6.54 Å². The lowest BCUT2D eigenvalue weighted by atomic mass is 9.80. The van der Waals surface area contributed by atoms with Crippen LogP contribution in [0.1, 0.15) is 33.1 Å². The molecule has 2 atom stereocenters. The molecule has 2 rings (SSSR count). The number of nitrogens with zero attached hydrogens (tertiary/aromatic N) is 1. The smallest absolute Gasteiger partial charge is 0.236 e. The highest BCUT2D eigenvalue weighted by atomic mass is 16.2. The molecule has 0 spiro atoms. The molecule has 3 heteroatoms. The topological polar surface area (TPSA) is 46.3 Å². The van der Waals surface area contributed by atoms with Gasteiger partial charge in [-0.1, -0.05) is 20.3 Å². The van der Waals surface area contributed by atoms with Crippen molar-refractivity contribution < 1.29 is 4.79 Å². The normalized spacial score (nSPS) is 34.6. The Kier molecular flexibility index (Phi) is 2.30. The molecule has 1 heterocycles. The first-order valence-electron chi connectivity index (χ1n) is 5.56. The third-order valence-electron chi connectivity index (χ3n) is 3.96. The van der Waals surface area contributed by atoms with Gasteiger partial charge in [0, 0.05) is 12.6 Å². The Morgan fingerprint density at radius 2 is 2.21 bits per heavy atom. The van der Waals surface area contributed by atoms with Crippen molar-refractivity contribution in [2.75, 3.05) is 13.1 Å². The molecule has 1 saturated heterocycles. The minimum absolute atomic E-state index is 0.132. The van der Waals surface area contributed by atoms with Crippen LogP contribution >= 0.6 is 0 Å². The van der Waals surface area contributed by atoms with E-state index in [0.29, 0.717) is 17.4 Å². The van der Waals surface area contributed by atoms with E-state index < -0.39 is 0 Å². The van der Waals surface area contributed by atoms with Crippen LogP contribution in [0.2, 0.25) is 0 Å². The van der Waals surface area contributed by atoms with Crippen LogP contribution in [0.15, 0.2) is 0 Å². The zero-order valence-electron chi connectivity index (χ0n) is 9.12. The molecule has 2 aliphatic rings. The fraction of sp³-hybridized carbons (Fsp3) is 0.909. The van der Waals surface area contributed by atoms with Crippen molar-refractivity contribution in [3.8, 4) is 0 Å². The van der Waals surface area contributed by atoms with Crippen LogP contribution in [0.3, 0.4) is 0 Å². The van der Waals surface area contributed by atoms with Crippen LogP contribution in [-0.2, 0) is 4.79 Å². The number of carbonyl (C=O) groups is 1. The summed E-state index contributed by atoms with van der Waals surface area (Å²) in [6.07, 6.45) is 3.74. The second-order valence-corrected chi connectivity index (χ2v) is 5.32. The van der Waals surface area contributed by atoms with Crippen molar-refractivity contribution in [2.24, 2.45) is 17.1 Å². The summed E-state index contributed by atoms with van der Waals surface area (Å²) >= 11 is 0. The van der Waals surface area contributed by atoms with Crippen molar-refractivity contribution >= 4 is 5.91 Å². The molecule has 0 radical (unpaired) electrons. The van der Waals surface area contributed by atoms with Gasteiger partial charge in [-0.05, 0) is 24.2 Å². The van der Waals surface area contributed by atoms with Gasteiger partial charge in [0.15, 0.2) is 0 Å². The molecule has 14 heavy (non-hydrogen) atoms. The molecule has 0 aromatic rings. The molecule has 3 nitrogen and oxygen atoms in total. The van der Waals surface area contributed by atoms with Crippen molar-refractivity contribution in [2.45, 2.75) is 39.2 Å². The van der Waals surface area contributed by atoms with Crippen LogP contribution in [0.4, 0.5) is 0 Å². The van der Waals surface area contributed by atoms with Crippen LogP contribution in [0, 0.1) is 11.3 Å². The lowest BCUT2D eigenvalue weighted by Crippen LogP contribution is -2.40. The zero-order chi connectivity index (χ0) is 10.3. The Morgan fingerprint density at radius 1 is 1.50 bits per heavy atom. The lowest BCUT2D eigenvalue weighted by molar-refractivity contribution is -0.130. The zero-order valence-corrected chi connectivity index (χ0v) is 9.12. The Bertz CT molecular complexity index is 250. The summed E-state index contributed by atoms with van der Waals surface area (Å²) in [5, 5.41) is 0. The second-order valence-electron chi connectivity index (χ2n) is 5.32. The fourth-order valence-corrected chi connectivity index (χ4v) is 3.29. The van der Waals surface area contributed by atoms with Crippen LogP contribution < -0.4 is 5.73 Å². The first-order chi connectivity index (χ1) is 6.56. The highest BCUT2D eigenvalue weighted by molar-refractivity contribution is 5.78. The monoisotopic (exact) mass is 196 g/mol. The molecular formula is C11H20N2O. The van der Waals surface area contributed by atoms with E-state index in [4.69, 9.17) is 5.73 Å². The van der Waals surface area contributed by atoms with E-state index in [1.807, 2.05) is 4.90 Å². The van der Waals surface area contributed by atoms with Crippen LogP contribution in [0.5, 0.6) is 0 Å². The molecule has 0 aromatic carbocycles. The van der Waals surface area contributed by atoms with E-state index in [-0.39, 0.29) is 12.5 Å². The summed E-state index contributed by atoms with van der Waals surface area (Å²) in [5.74, 6) is 0.838. The van der Waals surface area contributed by atoms with Crippen molar-refractivity contribution in [1.82, 2.24) is 4.90 Å². The Morgan fingerprint density at radius 3 is 2.86 bits per heavy atom. The molecule has 2 N–H and O–H groups in total. The predicted octanol–water partition coefficient (Wildman–Crippen LogP) is 0.982. The largest absolute Gasteiger partial charge is 0.338 e. The van der Waals surface area contributed by atoms with Gasteiger partial charge in [-0.25, -0.2) is 0 Å². The average molecular weight is 196 g/mol. The van der Waals surface area contributed by atoms with E-state index in [1.54, 1.807) is 0 Å². The van der Waals surface area contributed by atoms with Crippen molar-refractivity contribution in [3.05, 3.63) is 0 Å². The first-order valence-corrected chi connectivity index (χ1v) is 5.56. The molecule has 2 unspecified atom stereocenters. The van der Waals surface area contributed by atoms with Gasteiger partial charge in [0.2, 0.25) is 5.91 Å². The number of likely N-dealkylation sites (tertiary alicyclic amines) is 1. The minimum Gasteiger partial charge on any atom is -0.338 e. The number of fused-ring (bicyclic) bond motifs is 1. The van der Waals surface area contributed by atoms with Gasteiger partial charge < -0.3 is 10.6 Å². The number of hydrogen-bond acceptors (Lipinski definition) is 2. The SMILES string of the molecule is CC1(C)CN(C(=O)CN)C2CCCC21. The van der Waals surface area contributed by atoms with Gasteiger partial charge >= 0.3 is 0 Å². The van der Waals surface area contributed by atoms with E-state index in [2.05, 4.69) is 13.8 Å². The maximum absolute atomic E-state index is 11.6. The lowest BCUT2D eigenvalue weighted by Gasteiger charge is -2.23. The molecule has 1 aliphatic heterocycles. The number of carbonyl (C=O) groups excluding carboxylic acids is 1. The van der Waals surface area contributed by atoms with Crippen LogP contribution in [-0.4, -0.2) is 29.9 Å². The molecule has 0 bridgehead atoms. The molecule has 1 saturated carbocycles. The first kappa shape index (κ1) is 9.97. The van der Waals surface area contributed by atoms with E-state index >= 15 is 0 Å². The number of nitrogens with two attached hydrogens (primary N) is 1. The predicted molar refractivity (Wildman–Crippen MR) is 55.7 cm³/mol. The number of hydrogen-bond donors (Lipinski definition) is 1. The summed E-state index contributed by atoms with van der Waals surface area (Å²) in [7, 11) is 0. The van der Waals surface area contributed by atoms with Gasteiger partial charge in [-0.3, -0.25) is 4.79 Å². The Labute approximate surface area is 85.6 Å². The van der Waals surface area contributed by atoms with Crippen LogP contribution in [0.25, 0.3) is 0 Å². The molecule has 1 aliphatic carbocycles. The van der Waals surface area contributed by atoms with Gasteiger partial charge in [0.1, 0.15) is 0 Å². The van der Waals surface area contributed by atoms with Gasteiger partial charge in [-0.2, -0.15) is 0 Å². The second kappa shape index (κ2) is 3.23. The average Bonchev–Trinajstić information content (AvgIpc) is 2.68. The molecule has 0 aromatic heterocycles. The summed E-state index contributed by atoms with van der Waals surface area (Å²) in [6.45, 7) is 5.62. The third kappa shape index (κ3) is 1.34. The van der Waals surface area contributed by atoms with Gasteiger partial charge in [0.25, 0.3) is 0 Å². The molecule has 1 amide bonds. The van der Waals surface area contributed by atoms with Crippen molar-refractivity contribution in [1.29, 1.82) is 0 Å². The summed E-state index contributed by atoms with van der Waals surface area (Å²) in [5.41, 5.74) is 5.73.